The van der Waals surface area contributed by atoms with Crippen molar-refractivity contribution < 1.29 is 19.7 Å². The number of piperidine rings is 2. The minimum Gasteiger partial charge on any atom is -0.508 e. The largest absolute Gasteiger partial charge is 0.508 e. The van der Waals surface area contributed by atoms with Crippen molar-refractivity contribution in [3.8, 4) is 11.5 Å². The van der Waals surface area contributed by atoms with Crippen molar-refractivity contribution in [2.75, 3.05) is 44.2 Å². The van der Waals surface area contributed by atoms with Gasteiger partial charge in [0, 0.05) is 57.0 Å². The number of aliphatic hydroxyl groups is 1. The molecule has 1 atom stereocenters. The normalized spacial score (nSPS) is 19.8. The molecule has 3 aliphatic heterocycles. The van der Waals surface area contributed by atoms with Crippen molar-refractivity contribution in [1.82, 2.24) is 15.5 Å². The molecule has 46 heavy (non-hydrogen) atoms. The maximum Gasteiger partial charge on any atom is 0.286 e. The number of aliphatic imine (C=N–C) groups is 1. The molecule has 3 aromatic carbocycles. The maximum absolute atomic E-state index is 12.7. The van der Waals surface area contributed by atoms with E-state index in [0.29, 0.717) is 34.5 Å². The molecule has 0 unspecified atom stereocenters. The molecule has 3 aliphatic rings. The average Bonchev–Trinajstić information content (AvgIpc) is 3.43. The van der Waals surface area contributed by atoms with Gasteiger partial charge in [0.2, 0.25) is 0 Å². The lowest BCUT2D eigenvalue weighted by Gasteiger charge is -2.34. The summed E-state index contributed by atoms with van der Waals surface area (Å²) in [6, 6.07) is 26.2. The number of hydrogen-bond acceptors (Lipinski definition) is 9. The molecule has 0 saturated carbocycles. The van der Waals surface area contributed by atoms with Gasteiger partial charge in [-0.05, 0) is 91.0 Å². The number of aliphatic hydroxyl groups excluding tert-OH is 1. The number of thioether (sulfide) groups is 1. The Bertz CT molecular complexity index is 1480. The lowest BCUT2D eigenvalue weighted by molar-refractivity contribution is -0.113. The van der Waals surface area contributed by atoms with Crippen LogP contribution >= 0.6 is 11.8 Å². The second kappa shape index (κ2) is 15.6. The lowest BCUT2D eigenvalue weighted by Crippen LogP contribution is -2.45. The fourth-order valence-corrected chi connectivity index (χ4v) is 6.98. The van der Waals surface area contributed by atoms with E-state index >= 15 is 0 Å². The van der Waals surface area contributed by atoms with E-state index in [0.717, 1.165) is 64.0 Å². The predicted molar refractivity (Wildman–Crippen MR) is 185 cm³/mol. The number of carbonyl (C=O) groups is 1. The second-order valence-electron chi connectivity index (χ2n) is 12.2. The first-order valence-corrected chi connectivity index (χ1v) is 17.0. The maximum atomic E-state index is 12.7. The number of carbonyl (C=O) groups excluding carboxylic acids is 1. The number of rotatable bonds is 11. The number of nitrogens with zero attached hydrogens (tertiary/aromatic N) is 3. The number of anilines is 1. The van der Waals surface area contributed by atoms with Crippen LogP contribution in [0.25, 0.3) is 6.08 Å². The molecule has 2 saturated heterocycles. The van der Waals surface area contributed by atoms with Crippen molar-refractivity contribution in [3.05, 3.63) is 94.9 Å². The van der Waals surface area contributed by atoms with E-state index in [1.807, 2.05) is 6.08 Å². The Balaban J connectivity index is 0.897. The summed E-state index contributed by atoms with van der Waals surface area (Å²) in [6.45, 7) is 5.57. The molecule has 6 rings (SSSR count). The molecule has 3 aromatic rings. The summed E-state index contributed by atoms with van der Waals surface area (Å²) >= 11 is 1.44. The number of amidine groups is 1. The Hall–Kier alpha value is -3.83. The summed E-state index contributed by atoms with van der Waals surface area (Å²) in [5, 5.41) is 27.4. The van der Waals surface area contributed by atoms with Gasteiger partial charge >= 0.3 is 0 Å². The Morgan fingerprint density at radius 3 is 2.33 bits per heavy atom. The van der Waals surface area contributed by atoms with Crippen molar-refractivity contribution in [2.45, 2.75) is 50.4 Å². The predicted octanol–water partition coefficient (Wildman–Crippen LogP) is 4.62. The van der Waals surface area contributed by atoms with E-state index < -0.39 is 6.10 Å². The Labute approximate surface area is 275 Å². The highest BCUT2D eigenvalue weighted by molar-refractivity contribution is 8.18. The summed E-state index contributed by atoms with van der Waals surface area (Å²) in [6.07, 6.45) is 5.37. The fraction of sp³-hybridized carbons (Fsp3) is 0.389. The van der Waals surface area contributed by atoms with E-state index in [1.54, 1.807) is 24.3 Å². The molecule has 10 heteroatoms. The van der Waals surface area contributed by atoms with Crippen LogP contribution in [-0.4, -0.2) is 83.7 Å². The third kappa shape index (κ3) is 9.13. The molecule has 3 heterocycles. The van der Waals surface area contributed by atoms with Crippen LogP contribution in [0.5, 0.6) is 11.5 Å². The first-order valence-electron chi connectivity index (χ1n) is 16.2. The van der Waals surface area contributed by atoms with Gasteiger partial charge in [-0.2, -0.15) is 4.99 Å². The van der Waals surface area contributed by atoms with Crippen LogP contribution in [-0.2, 0) is 11.3 Å². The highest BCUT2D eigenvalue weighted by atomic mass is 32.2. The molecular weight excluding hydrogens is 598 g/mol. The third-order valence-corrected chi connectivity index (χ3v) is 9.67. The van der Waals surface area contributed by atoms with Crippen LogP contribution in [0, 0.1) is 0 Å². The van der Waals surface area contributed by atoms with Gasteiger partial charge in [0.05, 0.1) is 4.91 Å². The van der Waals surface area contributed by atoms with Gasteiger partial charge < -0.3 is 30.5 Å². The molecule has 0 radical (unpaired) electrons. The summed E-state index contributed by atoms with van der Waals surface area (Å²) in [5.74, 6) is 0.634. The summed E-state index contributed by atoms with van der Waals surface area (Å²) < 4.78 is 5.61. The summed E-state index contributed by atoms with van der Waals surface area (Å²) in [5.41, 5.74) is 3.51. The molecule has 9 nitrogen and oxygen atoms in total. The van der Waals surface area contributed by atoms with Gasteiger partial charge in [-0.3, -0.25) is 9.69 Å². The quantitative estimate of drug-likeness (QED) is 0.223. The van der Waals surface area contributed by atoms with E-state index in [2.05, 4.69) is 80.0 Å². The zero-order chi connectivity index (χ0) is 31.7. The van der Waals surface area contributed by atoms with Gasteiger partial charge in [0.15, 0.2) is 5.17 Å². The topological polar surface area (TPSA) is 110 Å². The Kier molecular flexibility index (Phi) is 10.9. The highest BCUT2D eigenvalue weighted by Crippen LogP contribution is 2.29. The van der Waals surface area contributed by atoms with Gasteiger partial charge in [0.1, 0.15) is 24.2 Å². The van der Waals surface area contributed by atoms with Gasteiger partial charge in [-0.1, -0.05) is 42.5 Å². The Morgan fingerprint density at radius 1 is 0.913 bits per heavy atom. The monoisotopic (exact) mass is 641 g/mol. The van der Waals surface area contributed by atoms with Crippen molar-refractivity contribution in [2.24, 2.45) is 4.99 Å². The Morgan fingerprint density at radius 2 is 1.61 bits per heavy atom. The molecular formula is C36H43N5O4S. The smallest absolute Gasteiger partial charge is 0.286 e. The van der Waals surface area contributed by atoms with Gasteiger partial charge in [-0.15, -0.1) is 0 Å². The van der Waals surface area contributed by atoms with E-state index in [1.165, 1.54) is 23.0 Å². The number of aromatic hydroxyl groups is 1. The number of likely N-dealkylation sites (tertiary alicyclic amines) is 1. The molecule has 2 fully saturated rings. The first-order chi connectivity index (χ1) is 22.5. The lowest BCUT2D eigenvalue weighted by atomic mass is 10.0. The van der Waals surface area contributed by atoms with E-state index in [9.17, 15) is 15.0 Å². The summed E-state index contributed by atoms with van der Waals surface area (Å²) in [7, 11) is 0. The van der Waals surface area contributed by atoms with E-state index in [4.69, 9.17) is 4.74 Å². The number of benzene rings is 3. The fourth-order valence-electron chi connectivity index (χ4n) is 6.09. The highest BCUT2D eigenvalue weighted by Gasteiger charge is 2.26. The van der Waals surface area contributed by atoms with Crippen LogP contribution in [0.4, 0.5) is 5.69 Å². The van der Waals surface area contributed by atoms with Crippen LogP contribution < -0.4 is 20.3 Å². The zero-order valence-electron chi connectivity index (χ0n) is 26.1. The first kappa shape index (κ1) is 32.1. The van der Waals surface area contributed by atoms with Crippen LogP contribution in [0.1, 0.15) is 36.8 Å². The molecule has 0 spiro atoms. The number of hydrogen-bond donors (Lipinski definition) is 4. The number of nitrogens with one attached hydrogen (secondary N) is 2. The molecule has 0 aliphatic carbocycles. The van der Waals surface area contributed by atoms with Crippen molar-refractivity contribution in [3.63, 3.8) is 0 Å². The number of phenolic OH excluding ortho intramolecular Hbond substituents is 1. The van der Waals surface area contributed by atoms with Crippen molar-refractivity contribution in [1.29, 1.82) is 0 Å². The third-order valence-electron chi connectivity index (χ3n) is 8.76. The SMILES string of the molecule is O=C1N=C(NC2CCN(Cc3ccccc3)CC2)SC1=Cc1ccc(N2CCC(NC[C@H](O)COc3ccc(O)cc3)CC2)cc1. The average molecular weight is 642 g/mol. The van der Waals surface area contributed by atoms with Crippen LogP contribution in [0.15, 0.2) is 88.8 Å². The molecule has 4 N–H and O–H groups in total. The number of phenols is 1. The zero-order valence-corrected chi connectivity index (χ0v) is 26.9. The summed E-state index contributed by atoms with van der Waals surface area (Å²) in [4.78, 5) is 22.5. The molecule has 0 bridgehead atoms. The molecule has 1 amide bonds. The molecule has 0 aromatic heterocycles. The van der Waals surface area contributed by atoms with Crippen LogP contribution in [0.3, 0.4) is 0 Å². The van der Waals surface area contributed by atoms with Crippen molar-refractivity contribution >= 4 is 34.6 Å². The second-order valence-corrected chi connectivity index (χ2v) is 13.3. The standard InChI is InChI=1S/C36H43N5O4S/c42-31-10-12-33(13-11-31)45-25-32(43)23-37-28-16-20-41(21-17-28)30-8-6-26(7-9-30)22-34-35(44)39-36(46-34)38-29-14-18-40(19-15-29)24-27-4-2-1-3-5-27/h1-13,22,28-29,32,37,42-43H,14-21,23-25H2,(H,38,39,44)/t32-/m0/s1. The van der Waals surface area contributed by atoms with Crippen LogP contribution in [0.2, 0.25) is 0 Å². The minimum atomic E-state index is -0.612. The molecule has 242 valence electrons. The van der Waals surface area contributed by atoms with E-state index in [-0.39, 0.29) is 18.3 Å². The van der Waals surface area contributed by atoms with Gasteiger partial charge in [0.25, 0.3) is 5.91 Å². The number of amides is 1. The van der Waals surface area contributed by atoms with Gasteiger partial charge in [-0.25, -0.2) is 0 Å². The minimum absolute atomic E-state index is 0.176. The number of ether oxygens (including phenoxy) is 1.